The van der Waals surface area contributed by atoms with E-state index in [1.54, 1.807) is 0 Å². The standard InChI is InChI=1S/C16H25ClN2O/c1-4-14(18)7-13-5-6-16(15(17)8-13)19-9-11(2)20-12(3)10-19/h5-6,8,11-12,14H,4,7,9-10,18H2,1-3H3/t11-,12+,14?. The second kappa shape index (κ2) is 6.79. The molecule has 1 heterocycles. The fraction of sp³-hybridized carbons (Fsp3) is 0.625. The highest BCUT2D eigenvalue weighted by Gasteiger charge is 2.23. The second-order valence-electron chi connectivity index (χ2n) is 5.82. The molecule has 4 heteroatoms. The summed E-state index contributed by atoms with van der Waals surface area (Å²) in [6.45, 7) is 8.09. The first kappa shape index (κ1) is 15.6. The fourth-order valence-corrected chi connectivity index (χ4v) is 3.08. The lowest BCUT2D eigenvalue weighted by molar-refractivity contribution is -0.00520. The van der Waals surface area contributed by atoms with Gasteiger partial charge in [0, 0.05) is 19.1 Å². The number of anilines is 1. The highest BCUT2D eigenvalue weighted by atomic mass is 35.5. The summed E-state index contributed by atoms with van der Waals surface area (Å²) >= 11 is 6.46. The maximum atomic E-state index is 6.46. The van der Waals surface area contributed by atoms with Gasteiger partial charge in [0.1, 0.15) is 0 Å². The molecule has 0 bridgehead atoms. The van der Waals surface area contributed by atoms with Crippen molar-refractivity contribution >= 4 is 17.3 Å². The number of hydrogen-bond acceptors (Lipinski definition) is 3. The molecular formula is C16H25ClN2O. The minimum atomic E-state index is 0.209. The van der Waals surface area contributed by atoms with Crippen LogP contribution in [0.15, 0.2) is 18.2 Å². The van der Waals surface area contributed by atoms with E-state index in [9.17, 15) is 0 Å². The molecular weight excluding hydrogens is 272 g/mol. The second-order valence-corrected chi connectivity index (χ2v) is 6.23. The lowest BCUT2D eigenvalue weighted by Gasteiger charge is -2.37. The normalized spacial score (nSPS) is 24.8. The van der Waals surface area contributed by atoms with Gasteiger partial charge in [0.2, 0.25) is 0 Å². The molecule has 20 heavy (non-hydrogen) atoms. The average Bonchev–Trinajstić information content (AvgIpc) is 2.37. The van der Waals surface area contributed by atoms with Crippen molar-refractivity contribution in [3.05, 3.63) is 28.8 Å². The molecule has 1 aromatic rings. The molecule has 1 unspecified atom stereocenters. The van der Waals surface area contributed by atoms with Gasteiger partial charge in [0.15, 0.2) is 0 Å². The van der Waals surface area contributed by atoms with Crippen LogP contribution >= 0.6 is 11.6 Å². The summed E-state index contributed by atoms with van der Waals surface area (Å²) in [6, 6.07) is 6.52. The highest BCUT2D eigenvalue weighted by Crippen LogP contribution is 2.29. The number of benzene rings is 1. The van der Waals surface area contributed by atoms with E-state index in [2.05, 4.69) is 43.9 Å². The van der Waals surface area contributed by atoms with Crippen LogP contribution in [0, 0.1) is 0 Å². The fourth-order valence-electron chi connectivity index (χ4n) is 2.76. The number of nitrogens with two attached hydrogens (primary N) is 1. The van der Waals surface area contributed by atoms with Gasteiger partial charge in [0.05, 0.1) is 22.9 Å². The average molecular weight is 297 g/mol. The Morgan fingerprint density at radius 3 is 2.55 bits per heavy atom. The van der Waals surface area contributed by atoms with Crippen LogP contribution in [0.1, 0.15) is 32.8 Å². The Kier molecular flexibility index (Phi) is 5.30. The van der Waals surface area contributed by atoms with E-state index < -0.39 is 0 Å². The van der Waals surface area contributed by atoms with Crippen molar-refractivity contribution in [2.75, 3.05) is 18.0 Å². The molecule has 1 saturated heterocycles. The Morgan fingerprint density at radius 2 is 2.00 bits per heavy atom. The van der Waals surface area contributed by atoms with Gasteiger partial charge in [-0.2, -0.15) is 0 Å². The Morgan fingerprint density at radius 1 is 1.35 bits per heavy atom. The summed E-state index contributed by atoms with van der Waals surface area (Å²) in [7, 11) is 0. The third kappa shape index (κ3) is 3.87. The summed E-state index contributed by atoms with van der Waals surface area (Å²) in [5, 5.41) is 0.812. The summed E-state index contributed by atoms with van der Waals surface area (Å²) in [4.78, 5) is 2.31. The number of ether oxygens (including phenoxy) is 1. The van der Waals surface area contributed by atoms with Gasteiger partial charge < -0.3 is 15.4 Å². The zero-order valence-electron chi connectivity index (χ0n) is 12.6. The highest BCUT2D eigenvalue weighted by molar-refractivity contribution is 6.33. The third-order valence-corrected chi connectivity index (χ3v) is 4.10. The number of morpholine rings is 1. The molecule has 2 N–H and O–H groups in total. The van der Waals surface area contributed by atoms with Crippen molar-refractivity contribution in [3.63, 3.8) is 0 Å². The van der Waals surface area contributed by atoms with E-state index in [4.69, 9.17) is 22.1 Å². The van der Waals surface area contributed by atoms with E-state index >= 15 is 0 Å². The van der Waals surface area contributed by atoms with Crippen molar-refractivity contribution in [3.8, 4) is 0 Å². The first-order valence-corrected chi connectivity index (χ1v) is 7.81. The lowest BCUT2D eigenvalue weighted by atomic mass is 10.0. The summed E-state index contributed by atoms with van der Waals surface area (Å²) in [6.07, 6.45) is 2.34. The van der Waals surface area contributed by atoms with Gasteiger partial charge in [-0.1, -0.05) is 24.6 Å². The Labute approximate surface area is 127 Å². The van der Waals surface area contributed by atoms with Crippen molar-refractivity contribution in [2.24, 2.45) is 5.73 Å². The summed E-state index contributed by atoms with van der Waals surface area (Å²) in [5.74, 6) is 0. The van der Waals surface area contributed by atoms with Crippen molar-refractivity contribution in [2.45, 2.75) is 51.9 Å². The van der Waals surface area contributed by atoms with E-state index in [1.165, 1.54) is 5.56 Å². The number of rotatable bonds is 4. The first-order chi connectivity index (χ1) is 9.49. The predicted octanol–water partition coefficient (Wildman–Crippen LogP) is 3.23. The quantitative estimate of drug-likeness (QED) is 0.927. The van der Waals surface area contributed by atoms with E-state index in [1.807, 2.05) is 0 Å². The molecule has 0 radical (unpaired) electrons. The summed E-state index contributed by atoms with van der Waals surface area (Å²) < 4.78 is 5.77. The zero-order valence-corrected chi connectivity index (χ0v) is 13.4. The molecule has 1 aliphatic heterocycles. The Bertz CT molecular complexity index is 442. The molecule has 0 saturated carbocycles. The Hall–Kier alpha value is -0.770. The maximum Gasteiger partial charge on any atom is 0.0726 e. The van der Waals surface area contributed by atoms with Crippen LogP contribution in [0.3, 0.4) is 0 Å². The largest absolute Gasteiger partial charge is 0.372 e. The van der Waals surface area contributed by atoms with Gasteiger partial charge in [-0.25, -0.2) is 0 Å². The molecule has 0 aliphatic carbocycles. The molecule has 1 aromatic carbocycles. The van der Waals surface area contributed by atoms with Gasteiger partial charge in [-0.15, -0.1) is 0 Å². The predicted molar refractivity (Wildman–Crippen MR) is 85.6 cm³/mol. The molecule has 3 atom stereocenters. The lowest BCUT2D eigenvalue weighted by Crippen LogP contribution is -2.45. The summed E-state index contributed by atoms with van der Waals surface area (Å²) in [5.41, 5.74) is 8.31. The smallest absolute Gasteiger partial charge is 0.0726 e. The molecule has 112 valence electrons. The number of nitrogens with zero attached hydrogens (tertiary/aromatic N) is 1. The van der Waals surface area contributed by atoms with Crippen LogP contribution in [0.5, 0.6) is 0 Å². The van der Waals surface area contributed by atoms with Crippen molar-refractivity contribution < 1.29 is 4.74 Å². The number of halogens is 1. The van der Waals surface area contributed by atoms with E-state index in [0.717, 1.165) is 36.6 Å². The number of hydrogen-bond donors (Lipinski definition) is 1. The van der Waals surface area contributed by atoms with Crippen LogP contribution in [-0.4, -0.2) is 31.3 Å². The van der Waals surface area contributed by atoms with Crippen LogP contribution in [0.4, 0.5) is 5.69 Å². The molecule has 2 rings (SSSR count). The third-order valence-electron chi connectivity index (χ3n) is 3.79. The maximum absolute atomic E-state index is 6.46. The molecule has 1 aliphatic rings. The monoisotopic (exact) mass is 296 g/mol. The molecule has 3 nitrogen and oxygen atoms in total. The van der Waals surface area contributed by atoms with Crippen molar-refractivity contribution in [1.82, 2.24) is 0 Å². The molecule has 0 spiro atoms. The molecule has 0 amide bonds. The van der Waals surface area contributed by atoms with Crippen molar-refractivity contribution in [1.29, 1.82) is 0 Å². The molecule has 0 aromatic heterocycles. The van der Waals surface area contributed by atoms with Crippen LogP contribution in [-0.2, 0) is 11.2 Å². The van der Waals surface area contributed by atoms with E-state index in [0.29, 0.717) is 0 Å². The minimum Gasteiger partial charge on any atom is -0.372 e. The van der Waals surface area contributed by atoms with Gasteiger partial charge in [0.25, 0.3) is 0 Å². The zero-order chi connectivity index (χ0) is 14.7. The molecule has 1 fully saturated rings. The van der Waals surface area contributed by atoms with Gasteiger partial charge >= 0.3 is 0 Å². The van der Waals surface area contributed by atoms with Gasteiger partial charge in [-0.05, 0) is 44.4 Å². The topological polar surface area (TPSA) is 38.5 Å². The minimum absolute atomic E-state index is 0.209. The van der Waals surface area contributed by atoms with Crippen LogP contribution < -0.4 is 10.6 Å². The van der Waals surface area contributed by atoms with E-state index in [-0.39, 0.29) is 18.2 Å². The van der Waals surface area contributed by atoms with Crippen LogP contribution in [0.2, 0.25) is 5.02 Å². The van der Waals surface area contributed by atoms with Crippen LogP contribution in [0.25, 0.3) is 0 Å². The van der Waals surface area contributed by atoms with Gasteiger partial charge in [-0.3, -0.25) is 0 Å². The Balaban J connectivity index is 2.13. The first-order valence-electron chi connectivity index (χ1n) is 7.44. The SMILES string of the molecule is CCC(N)Cc1ccc(N2C[C@@H](C)O[C@@H](C)C2)c(Cl)c1.